The molecule has 0 spiro atoms. The number of likely N-dealkylation sites (N-methyl/N-ethyl adjacent to an activating group) is 1. The summed E-state index contributed by atoms with van der Waals surface area (Å²) in [7, 11) is 1.46. The van der Waals surface area contributed by atoms with Gasteiger partial charge in [0.1, 0.15) is 19.8 Å². The van der Waals surface area contributed by atoms with E-state index in [1.54, 1.807) is 0 Å². The van der Waals surface area contributed by atoms with E-state index < -0.39 is 32.5 Å². The van der Waals surface area contributed by atoms with Crippen LogP contribution in [0.3, 0.4) is 0 Å². The fraction of sp³-hybridized carbons (Fsp3) is 0.864. The van der Waals surface area contributed by atoms with Gasteiger partial charge in [0, 0.05) is 12.8 Å². The predicted molar refractivity (Wildman–Crippen MR) is 224 cm³/mol. The van der Waals surface area contributed by atoms with Crippen LogP contribution in [0.5, 0.6) is 0 Å². The smallest absolute Gasteiger partial charge is 0.462 e. The Balaban J connectivity index is 4.36. The van der Waals surface area contributed by atoms with Gasteiger partial charge in [-0.05, 0) is 38.5 Å². The standard InChI is InChI=1S/C44H84NO8P/c1-6-8-10-12-14-16-18-20-22-24-26-28-30-32-34-36-43(46)50-40-42(41-52-54(48,49)51-39-38-45(3,4)5)53-44(47)37-35-33-31-29-27-25-23-21-19-17-15-13-11-9-7-2/h7,30,32,42H,2,6,8-29,31,33-41H2,1,3-5H3/p+1/b32-30+/t42-/m1/s1. The molecule has 0 aromatic carbocycles. The number of ether oxygens (including phenoxy) is 2. The van der Waals surface area contributed by atoms with Crippen molar-refractivity contribution < 1.29 is 42.1 Å². The van der Waals surface area contributed by atoms with Gasteiger partial charge >= 0.3 is 19.8 Å². The Bertz CT molecular complexity index is 967. The van der Waals surface area contributed by atoms with Crippen LogP contribution in [-0.4, -0.2) is 74.9 Å². The average Bonchev–Trinajstić information content (AvgIpc) is 3.12. The minimum atomic E-state index is -4.38. The molecule has 0 bridgehead atoms. The highest BCUT2D eigenvalue weighted by Gasteiger charge is 2.27. The lowest BCUT2D eigenvalue weighted by Gasteiger charge is -2.24. The summed E-state index contributed by atoms with van der Waals surface area (Å²) in [6.07, 6.45) is 38.4. The molecule has 1 unspecified atom stereocenters. The second-order valence-corrected chi connectivity index (χ2v) is 17.6. The summed E-state index contributed by atoms with van der Waals surface area (Å²) in [5.74, 6) is -0.853. The molecule has 0 saturated carbocycles. The normalized spacial score (nSPS) is 13.6. The third-order valence-electron chi connectivity index (χ3n) is 9.61. The number of nitrogens with zero attached hydrogens (tertiary/aromatic N) is 1. The van der Waals surface area contributed by atoms with Gasteiger partial charge in [-0.1, -0.05) is 160 Å². The highest BCUT2D eigenvalue weighted by molar-refractivity contribution is 7.47. The van der Waals surface area contributed by atoms with Gasteiger partial charge in [-0.25, -0.2) is 4.57 Å². The Morgan fingerprint density at radius 1 is 0.611 bits per heavy atom. The molecule has 0 heterocycles. The number of allylic oxidation sites excluding steroid dienone is 3. The average molecular weight is 787 g/mol. The van der Waals surface area contributed by atoms with E-state index >= 15 is 0 Å². The molecule has 54 heavy (non-hydrogen) atoms. The van der Waals surface area contributed by atoms with Crippen LogP contribution in [0.15, 0.2) is 24.8 Å². The van der Waals surface area contributed by atoms with Crippen molar-refractivity contribution in [1.29, 1.82) is 0 Å². The molecule has 0 amide bonds. The van der Waals surface area contributed by atoms with Crippen LogP contribution in [0.25, 0.3) is 0 Å². The first kappa shape index (κ1) is 52.5. The number of hydrogen-bond donors (Lipinski definition) is 1. The zero-order valence-electron chi connectivity index (χ0n) is 35.6. The van der Waals surface area contributed by atoms with Crippen molar-refractivity contribution in [3.63, 3.8) is 0 Å². The molecule has 2 atom stereocenters. The second-order valence-electron chi connectivity index (χ2n) is 16.2. The quantitative estimate of drug-likeness (QED) is 0.0215. The fourth-order valence-electron chi connectivity index (χ4n) is 6.13. The predicted octanol–water partition coefficient (Wildman–Crippen LogP) is 12.4. The largest absolute Gasteiger partial charge is 0.472 e. The monoisotopic (exact) mass is 787 g/mol. The van der Waals surface area contributed by atoms with Crippen molar-refractivity contribution in [2.75, 3.05) is 47.5 Å². The van der Waals surface area contributed by atoms with Crippen molar-refractivity contribution in [3.8, 4) is 0 Å². The maximum Gasteiger partial charge on any atom is 0.472 e. The maximum atomic E-state index is 12.7. The van der Waals surface area contributed by atoms with E-state index in [1.165, 1.54) is 122 Å². The molecule has 0 aliphatic heterocycles. The molecule has 318 valence electrons. The zero-order valence-corrected chi connectivity index (χ0v) is 36.4. The van der Waals surface area contributed by atoms with Crippen molar-refractivity contribution in [2.24, 2.45) is 0 Å². The molecule has 0 radical (unpaired) electrons. The van der Waals surface area contributed by atoms with E-state index in [2.05, 4.69) is 19.6 Å². The molecule has 0 aliphatic rings. The molecule has 0 aliphatic carbocycles. The summed E-state index contributed by atoms with van der Waals surface area (Å²) in [6, 6.07) is 0. The van der Waals surface area contributed by atoms with Crippen molar-refractivity contribution in [1.82, 2.24) is 0 Å². The number of esters is 2. The topological polar surface area (TPSA) is 108 Å². The number of rotatable bonds is 41. The molecule has 0 rings (SSSR count). The van der Waals surface area contributed by atoms with Gasteiger partial charge in [-0.2, -0.15) is 0 Å². The summed E-state index contributed by atoms with van der Waals surface area (Å²) >= 11 is 0. The van der Waals surface area contributed by atoms with Gasteiger partial charge in [0.25, 0.3) is 0 Å². The van der Waals surface area contributed by atoms with Crippen molar-refractivity contribution in [2.45, 2.75) is 199 Å². The number of phosphoric acid groups is 1. The Labute approximate surface area is 332 Å². The van der Waals surface area contributed by atoms with Gasteiger partial charge in [0.15, 0.2) is 6.10 Å². The molecule has 0 aromatic heterocycles. The van der Waals surface area contributed by atoms with Crippen LogP contribution >= 0.6 is 7.82 Å². The first-order valence-electron chi connectivity index (χ1n) is 22.0. The molecule has 1 N–H and O–H groups in total. The van der Waals surface area contributed by atoms with Gasteiger partial charge in [0.2, 0.25) is 0 Å². The van der Waals surface area contributed by atoms with Crippen molar-refractivity contribution >= 4 is 19.8 Å². The van der Waals surface area contributed by atoms with Gasteiger partial charge in [-0.3, -0.25) is 18.6 Å². The Hall–Kier alpha value is -1.51. The molecular formula is C44H85NO8P+. The van der Waals surface area contributed by atoms with E-state index in [4.69, 9.17) is 18.5 Å². The molecular weight excluding hydrogens is 701 g/mol. The molecule has 0 fully saturated rings. The summed E-state index contributed by atoms with van der Waals surface area (Å²) in [5.41, 5.74) is 0. The van der Waals surface area contributed by atoms with Crippen LogP contribution in [0.2, 0.25) is 0 Å². The summed E-state index contributed by atoms with van der Waals surface area (Å²) in [6.45, 7) is 5.91. The second kappa shape index (κ2) is 37.1. The number of quaternary nitrogens is 1. The van der Waals surface area contributed by atoms with Crippen LogP contribution in [-0.2, 0) is 32.7 Å². The third-order valence-corrected chi connectivity index (χ3v) is 10.6. The van der Waals surface area contributed by atoms with Crippen LogP contribution in [0.1, 0.15) is 193 Å². The Kier molecular flexibility index (Phi) is 36.1. The minimum absolute atomic E-state index is 0.0280. The van der Waals surface area contributed by atoms with Crippen LogP contribution < -0.4 is 0 Å². The lowest BCUT2D eigenvalue weighted by molar-refractivity contribution is -0.870. The molecule has 0 saturated heterocycles. The number of unbranched alkanes of at least 4 members (excludes halogenated alkanes) is 24. The zero-order chi connectivity index (χ0) is 40.0. The SMILES string of the molecule is C=CCCCCCCCCCCCCCCCC(=O)O[C@H](COC(=O)CC/C=C/CCCCCCCCCCCCC)COP(=O)(O)OCC[N+](C)(C)C. The summed E-state index contributed by atoms with van der Waals surface area (Å²) < 4.78 is 34.2. The van der Waals surface area contributed by atoms with Gasteiger partial charge < -0.3 is 18.9 Å². The lowest BCUT2D eigenvalue weighted by atomic mass is 10.0. The fourth-order valence-corrected chi connectivity index (χ4v) is 6.87. The number of phosphoric ester groups is 1. The van der Waals surface area contributed by atoms with Crippen LogP contribution in [0.4, 0.5) is 0 Å². The molecule has 0 aromatic rings. The van der Waals surface area contributed by atoms with E-state index in [-0.39, 0.29) is 26.1 Å². The van der Waals surface area contributed by atoms with E-state index in [1.807, 2.05) is 33.3 Å². The maximum absolute atomic E-state index is 12.7. The minimum Gasteiger partial charge on any atom is -0.462 e. The summed E-state index contributed by atoms with van der Waals surface area (Å²) in [4.78, 5) is 35.3. The van der Waals surface area contributed by atoms with Crippen molar-refractivity contribution in [3.05, 3.63) is 24.8 Å². The number of carbonyl (C=O) groups excluding carboxylic acids is 2. The van der Waals surface area contributed by atoms with Gasteiger partial charge in [-0.15, -0.1) is 6.58 Å². The van der Waals surface area contributed by atoms with E-state index in [0.29, 0.717) is 23.9 Å². The highest BCUT2D eigenvalue weighted by atomic mass is 31.2. The molecule has 10 heteroatoms. The molecule has 9 nitrogen and oxygen atoms in total. The van der Waals surface area contributed by atoms with E-state index in [0.717, 1.165) is 38.5 Å². The third kappa shape index (κ3) is 40.2. The number of carbonyl (C=O) groups is 2. The highest BCUT2D eigenvalue weighted by Crippen LogP contribution is 2.43. The van der Waals surface area contributed by atoms with E-state index in [9.17, 15) is 19.0 Å². The Morgan fingerprint density at radius 2 is 1.07 bits per heavy atom. The van der Waals surface area contributed by atoms with Gasteiger partial charge in [0.05, 0.1) is 27.7 Å². The van der Waals surface area contributed by atoms with Crippen LogP contribution in [0, 0.1) is 0 Å². The first-order chi connectivity index (χ1) is 26.0. The lowest BCUT2D eigenvalue weighted by Crippen LogP contribution is -2.37. The Morgan fingerprint density at radius 3 is 1.57 bits per heavy atom. The number of hydrogen-bond acceptors (Lipinski definition) is 7. The first-order valence-corrected chi connectivity index (χ1v) is 23.5. The summed E-state index contributed by atoms with van der Waals surface area (Å²) in [5, 5.41) is 0.